The molecule has 1 atom stereocenters. The fourth-order valence-electron chi connectivity index (χ4n) is 2.80. The molecule has 1 saturated heterocycles. The van der Waals surface area contributed by atoms with Gasteiger partial charge in [-0.25, -0.2) is 9.97 Å². The summed E-state index contributed by atoms with van der Waals surface area (Å²) < 4.78 is 5.87. The van der Waals surface area contributed by atoms with Crippen LogP contribution in [0.15, 0.2) is 29.0 Å². The van der Waals surface area contributed by atoms with Gasteiger partial charge in [-0.1, -0.05) is 15.9 Å². The Bertz CT molecular complexity index is 677. The number of ether oxygens (including phenoxy) is 1. The Kier molecular flexibility index (Phi) is 4.05. The van der Waals surface area contributed by atoms with Crippen LogP contribution in [-0.2, 0) is 9.53 Å². The molecule has 1 aromatic heterocycles. The highest BCUT2D eigenvalue weighted by Crippen LogP contribution is 2.29. The van der Waals surface area contributed by atoms with Crippen LogP contribution in [-0.4, -0.2) is 36.1 Å². The molecule has 1 aromatic carbocycles. The Morgan fingerprint density at radius 1 is 1.43 bits per heavy atom. The summed E-state index contributed by atoms with van der Waals surface area (Å²) >= 11 is 3.49. The van der Waals surface area contributed by atoms with E-state index in [-0.39, 0.29) is 11.9 Å². The number of benzene rings is 1. The number of fused-ring (bicyclic) bond motifs is 1. The Hall–Kier alpha value is -1.69. The van der Waals surface area contributed by atoms with Gasteiger partial charge in [0.05, 0.1) is 18.5 Å². The van der Waals surface area contributed by atoms with Gasteiger partial charge in [-0.2, -0.15) is 0 Å². The van der Waals surface area contributed by atoms with E-state index in [1.54, 1.807) is 6.33 Å². The van der Waals surface area contributed by atoms with Gasteiger partial charge < -0.3 is 9.64 Å². The minimum Gasteiger partial charge on any atom is -0.469 e. The van der Waals surface area contributed by atoms with E-state index in [4.69, 9.17) is 4.74 Å². The first kappa shape index (κ1) is 14.3. The van der Waals surface area contributed by atoms with Crippen LogP contribution in [0.2, 0.25) is 0 Å². The van der Waals surface area contributed by atoms with Gasteiger partial charge >= 0.3 is 5.97 Å². The van der Waals surface area contributed by atoms with Crippen molar-refractivity contribution >= 4 is 38.6 Å². The molecule has 0 unspecified atom stereocenters. The summed E-state index contributed by atoms with van der Waals surface area (Å²) in [6.07, 6.45) is 3.41. The molecule has 0 bridgehead atoms. The maximum absolute atomic E-state index is 11.8. The monoisotopic (exact) mass is 349 g/mol. The van der Waals surface area contributed by atoms with E-state index in [0.29, 0.717) is 6.54 Å². The number of hydrogen-bond acceptors (Lipinski definition) is 5. The molecule has 110 valence electrons. The van der Waals surface area contributed by atoms with Crippen molar-refractivity contribution in [3.63, 3.8) is 0 Å². The highest BCUT2D eigenvalue weighted by molar-refractivity contribution is 9.10. The van der Waals surface area contributed by atoms with Crippen molar-refractivity contribution in [3.8, 4) is 0 Å². The highest BCUT2D eigenvalue weighted by Gasteiger charge is 2.28. The lowest BCUT2D eigenvalue weighted by Crippen LogP contribution is -2.39. The van der Waals surface area contributed by atoms with E-state index in [2.05, 4.69) is 30.8 Å². The lowest BCUT2D eigenvalue weighted by Gasteiger charge is -2.32. The number of aromatic nitrogens is 2. The summed E-state index contributed by atoms with van der Waals surface area (Å²) in [4.78, 5) is 22.7. The van der Waals surface area contributed by atoms with Crippen LogP contribution >= 0.6 is 15.9 Å². The average Bonchev–Trinajstić information content (AvgIpc) is 2.53. The summed E-state index contributed by atoms with van der Waals surface area (Å²) in [6, 6.07) is 5.95. The second kappa shape index (κ2) is 5.97. The van der Waals surface area contributed by atoms with Crippen molar-refractivity contribution < 1.29 is 9.53 Å². The Morgan fingerprint density at radius 2 is 2.29 bits per heavy atom. The summed E-state index contributed by atoms with van der Waals surface area (Å²) in [6.45, 7) is 1.54. The molecular formula is C15H16BrN3O2. The van der Waals surface area contributed by atoms with Crippen LogP contribution < -0.4 is 4.90 Å². The maximum atomic E-state index is 11.8. The molecule has 1 fully saturated rings. The van der Waals surface area contributed by atoms with Crippen LogP contribution in [0.3, 0.4) is 0 Å². The van der Waals surface area contributed by atoms with Crippen molar-refractivity contribution in [3.05, 3.63) is 29.0 Å². The van der Waals surface area contributed by atoms with E-state index in [1.807, 2.05) is 18.2 Å². The van der Waals surface area contributed by atoms with Crippen LogP contribution in [0, 0.1) is 5.92 Å². The SMILES string of the molecule is COC(=O)[C@H]1CCCN(c2ncnc3ccc(Br)cc23)C1. The summed E-state index contributed by atoms with van der Waals surface area (Å²) in [5.74, 6) is 0.662. The Labute approximate surface area is 131 Å². The molecule has 0 saturated carbocycles. The number of carbonyl (C=O) groups is 1. The summed E-state index contributed by atoms with van der Waals surface area (Å²) in [7, 11) is 1.44. The topological polar surface area (TPSA) is 55.3 Å². The van der Waals surface area contributed by atoms with Gasteiger partial charge in [0.1, 0.15) is 12.1 Å². The first-order valence-corrected chi connectivity index (χ1v) is 7.71. The molecule has 2 aromatic rings. The zero-order valence-corrected chi connectivity index (χ0v) is 13.3. The van der Waals surface area contributed by atoms with Gasteiger partial charge in [-0.05, 0) is 31.0 Å². The molecule has 3 rings (SSSR count). The lowest BCUT2D eigenvalue weighted by atomic mass is 9.98. The van der Waals surface area contributed by atoms with E-state index >= 15 is 0 Å². The molecule has 0 N–H and O–H groups in total. The fraction of sp³-hybridized carbons (Fsp3) is 0.400. The fourth-order valence-corrected chi connectivity index (χ4v) is 3.16. The normalized spacial score (nSPS) is 18.8. The molecule has 21 heavy (non-hydrogen) atoms. The molecule has 1 aliphatic heterocycles. The summed E-state index contributed by atoms with van der Waals surface area (Å²) in [5.41, 5.74) is 0.906. The molecule has 0 radical (unpaired) electrons. The number of esters is 1. The molecule has 1 aliphatic rings. The Morgan fingerprint density at radius 3 is 3.10 bits per heavy atom. The highest BCUT2D eigenvalue weighted by atomic mass is 79.9. The third-order valence-electron chi connectivity index (χ3n) is 3.83. The van der Waals surface area contributed by atoms with E-state index < -0.39 is 0 Å². The predicted octanol–water partition coefficient (Wildman–Crippen LogP) is 2.78. The third kappa shape index (κ3) is 2.85. The van der Waals surface area contributed by atoms with E-state index in [0.717, 1.165) is 40.6 Å². The quantitative estimate of drug-likeness (QED) is 0.780. The van der Waals surface area contributed by atoms with Gasteiger partial charge in [0.15, 0.2) is 0 Å². The number of anilines is 1. The number of hydrogen-bond donors (Lipinski definition) is 0. The van der Waals surface area contributed by atoms with Crippen LogP contribution in [0.25, 0.3) is 10.9 Å². The minimum absolute atomic E-state index is 0.0825. The van der Waals surface area contributed by atoms with Gasteiger partial charge in [0.2, 0.25) is 0 Å². The van der Waals surface area contributed by atoms with Crippen molar-refractivity contribution in [1.29, 1.82) is 0 Å². The first-order chi connectivity index (χ1) is 10.2. The summed E-state index contributed by atoms with van der Waals surface area (Å²) in [5, 5.41) is 0.998. The van der Waals surface area contributed by atoms with Crippen LogP contribution in [0.5, 0.6) is 0 Å². The van der Waals surface area contributed by atoms with Crippen molar-refractivity contribution in [2.24, 2.45) is 5.92 Å². The van der Waals surface area contributed by atoms with Gasteiger partial charge in [0, 0.05) is 22.9 Å². The zero-order valence-electron chi connectivity index (χ0n) is 11.8. The lowest BCUT2D eigenvalue weighted by molar-refractivity contribution is -0.145. The molecule has 5 nitrogen and oxygen atoms in total. The van der Waals surface area contributed by atoms with Crippen LogP contribution in [0.4, 0.5) is 5.82 Å². The van der Waals surface area contributed by atoms with Crippen LogP contribution in [0.1, 0.15) is 12.8 Å². The third-order valence-corrected chi connectivity index (χ3v) is 4.33. The smallest absolute Gasteiger partial charge is 0.310 e. The number of halogens is 1. The number of piperidine rings is 1. The second-order valence-electron chi connectivity index (χ2n) is 5.17. The molecule has 0 spiro atoms. The molecule has 0 amide bonds. The zero-order chi connectivity index (χ0) is 14.8. The second-order valence-corrected chi connectivity index (χ2v) is 6.08. The molecule has 6 heteroatoms. The average molecular weight is 350 g/mol. The maximum Gasteiger partial charge on any atom is 0.310 e. The molecular weight excluding hydrogens is 334 g/mol. The molecule has 0 aliphatic carbocycles. The standard InChI is InChI=1S/C15H16BrN3O2/c1-21-15(20)10-3-2-6-19(8-10)14-12-7-11(16)4-5-13(12)17-9-18-14/h4-5,7,9-10H,2-3,6,8H2,1H3/t10-/m0/s1. The Balaban J connectivity index is 1.96. The largest absolute Gasteiger partial charge is 0.469 e. The predicted molar refractivity (Wildman–Crippen MR) is 84.2 cm³/mol. The number of methoxy groups -OCH3 is 1. The first-order valence-electron chi connectivity index (χ1n) is 6.92. The van der Waals surface area contributed by atoms with Crippen molar-refractivity contribution in [2.75, 3.05) is 25.1 Å². The van der Waals surface area contributed by atoms with E-state index in [9.17, 15) is 4.79 Å². The number of carbonyl (C=O) groups excluding carboxylic acids is 1. The van der Waals surface area contributed by atoms with Crippen molar-refractivity contribution in [1.82, 2.24) is 9.97 Å². The number of rotatable bonds is 2. The van der Waals surface area contributed by atoms with Crippen molar-refractivity contribution in [2.45, 2.75) is 12.8 Å². The van der Waals surface area contributed by atoms with E-state index in [1.165, 1.54) is 7.11 Å². The molecule has 2 heterocycles. The van der Waals surface area contributed by atoms with Gasteiger partial charge in [-0.3, -0.25) is 4.79 Å². The van der Waals surface area contributed by atoms with Gasteiger partial charge in [0.25, 0.3) is 0 Å². The minimum atomic E-state index is -0.140. The van der Waals surface area contributed by atoms with Gasteiger partial charge in [-0.15, -0.1) is 0 Å². The number of nitrogens with zero attached hydrogens (tertiary/aromatic N) is 3.